The van der Waals surface area contributed by atoms with Crippen LogP contribution in [0.15, 0.2) is 53.7 Å². The monoisotopic (exact) mass is 448 g/mol. The minimum absolute atomic E-state index is 0.105. The summed E-state index contributed by atoms with van der Waals surface area (Å²) in [4.78, 5) is 19.9. The number of benzene rings is 2. The summed E-state index contributed by atoms with van der Waals surface area (Å²) in [5.41, 5.74) is 6.53. The van der Waals surface area contributed by atoms with E-state index in [0.29, 0.717) is 5.56 Å². The molecule has 32 heavy (non-hydrogen) atoms. The molecule has 172 valence electrons. The first-order chi connectivity index (χ1) is 15.3. The molecule has 9 heteroatoms. The summed E-state index contributed by atoms with van der Waals surface area (Å²) in [7, 11) is 0. The molecule has 0 saturated carbocycles. The number of hydrogen-bond donors (Lipinski definition) is 2. The van der Waals surface area contributed by atoms with Gasteiger partial charge in [0.2, 0.25) is 6.10 Å². The maximum absolute atomic E-state index is 13.1. The molecular formula is C23H27F3N4O2. The molecule has 2 aromatic rings. The van der Waals surface area contributed by atoms with E-state index >= 15 is 0 Å². The second kappa shape index (κ2) is 10.5. The third kappa shape index (κ3) is 6.23. The van der Waals surface area contributed by atoms with Gasteiger partial charge in [0.15, 0.2) is 5.84 Å². The van der Waals surface area contributed by atoms with Crippen LogP contribution in [0, 0.1) is 0 Å². The number of carbonyl (C=O) groups is 1. The number of para-hydroxylation sites is 1. The van der Waals surface area contributed by atoms with Crippen LogP contribution in [0.3, 0.4) is 0 Å². The van der Waals surface area contributed by atoms with Crippen LogP contribution < -0.4 is 11.1 Å². The van der Waals surface area contributed by atoms with Crippen LogP contribution in [0.1, 0.15) is 42.9 Å². The fourth-order valence-electron chi connectivity index (χ4n) is 3.57. The van der Waals surface area contributed by atoms with Crippen LogP contribution in [0.4, 0.5) is 18.9 Å². The van der Waals surface area contributed by atoms with E-state index in [2.05, 4.69) is 15.4 Å². The van der Waals surface area contributed by atoms with Gasteiger partial charge in [0.1, 0.15) is 0 Å². The molecule has 1 amide bonds. The number of rotatable bonds is 7. The summed E-state index contributed by atoms with van der Waals surface area (Å²) in [6, 6.07) is 12.3. The Morgan fingerprint density at radius 2 is 1.78 bits per heavy atom. The lowest BCUT2D eigenvalue weighted by Crippen LogP contribution is -2.31. The summed E-state index contributed by atoms with van der Waals surface area (Å²) >= 11 is 0. The van der Waals surface area contributed by atoms with Crippen LogP contribution in [0.2, 0.25) is 0 Å². The van der Waals surface area contributed by atoms with Gasteiger partial charge in [-0.25, -0.2) is 0 Å². The summed E-state index contributed by atoms with van der Waals surface area (Å²) in [5, 5.41) is 6.12. The number of piperidine rings is 1. The Balaban J connectivity index is 1.66. The Hall–Kier alpha value is -3.07. The van der Waals surface area contributed by atoms with Gasteiger partial charge in [0, 0.05) is 12.1 Å². The number of nitrogens with two attached hydrogens (primary N) is 1. The van der Waals surface area contributed by atoms with E-state index in [-0.39, 0.29) is 11.5 Å². The van der Waals surface area contributed by atoms with Gasteiger partial charge in [0.05, 0.1) is 11.3 Å². The van der Waals surface area contributed by atoms with E-state index in [1.54, 1.807) is 0 Å². The second-order valence-corrected chi connectivity index (χ2v) is 7.75. The lowest BCUT2D eigenvalue weighted by molar-refractivity contribution is -0.137. The first-order valence-corrected chi connectivity index (χ1v) is 10.5. The highest BCUT2D eigenvalue weighted by atomic mass is 19.4. The van der Waals surface area contributed by atoms with Gasteiger partial charge in [-0.1, -0.05) is 48.0 Å². The molecule has 1 heterocycles. The fraction of sp³-hybridized carbons (Fsp3) is 0.391. The largest absolute Gasteiger partial charge is 0.418 e. The van der Waals surface area contributed by atoms with Crippen molar-refractivity contribution >= 4 is 17.4 Å². The molecule has 0 spiro atoms. The molecule has 3 rings (SSSR count). The van der Waals surface area contributed by atoms with Crippen molar-refractivity contribution in [2.24, 2.45) is 10.9 Å². The second-order valence-electron chi connectivity index (χ2n) is 7.75. The zero-order valence-corrected chi connectivity index (χ0v) is 17.9. The lowest BCUT2D eigenvalue weighted by Gasteiger charge is -2.27. The number of carbonyl (C=O) groups excluding carboxylic acids is 1. The molecule has 1 unspecified atom stereocenters. The predicted molar refractivity (Wildman–Crippen MR) is 117 cm³/mol. The van der Waals surface area contributed by atoms with Gasteiger partial charge in [-0.05, 0) is 50.6 Å². The number of anilines is 1. The molecule has 3 N–H and O–H groups in total. The van der Waals surface area contributed by atoms with E-state index in [4.69, 9.17) is 10.6 Å². The van der Waals surface area contributed by atoms with Crippen LogP contribution in [0.5, 0.6) is 0 Å². The number of amidine groups is 1. The van der Waals surface area contributed by atoms with Crippen molar-refractivity contribution in [3.8, 4) is 0 Å². The van der Waals surface area contributed by atoms with Gasteiger partial charge >= 0.3 is 6.18 Å². The maximum Gasteiger partial charge on any atom is 0.418 e. The van der Waals surface area contributed by atoms with E-state index in [0.717, 1.165) is 31.3 Å². The summed E-state index contributed by atoms with van der Waals surface area (Å²) in [5.74, 6) is -0.659. The number of alkyl halides is 3. The Morgan fingerprint density at radius 3 is 2.50 bits per heavy atom. The number of hydrogen-bond acceptors (Lipinski definition) is 4. The summed E-state index contributed by atoms with van der Waals surface area (Å²) in [6.07, 6.45) is -2.17. The van der Waals surface area contributed by atoms with Crippen molar-refractivity contribution in [3.05, 3.63) is 65.2 Å². The Morgan fingerprint density at radius 1 is 1.12 bits per heavy atom. The van der Waals surface area contributed by atoms with Gasteiger partial charge < -0.3 is 15.9 Å². The standard InChI is InChI=1S/C23H27F3N4O2/c1-16(22(31)28-20-12-6-5-11-19(20)23(24,25)26)32-29-21(27)18-10-4-3-9-17(18)15-30-13-7-2-8-14-30/h3-6,9-12,16H,2,7-8,13-15H2,1H3,(H2,27,29)(H,28,31). The number of halogens is 3. The minimum Gasteiger partial charge on any atom is -0.381 e. The first kappa shape index (κ1) is 23.6. The average molecular weight is 448 g/mol. The van der Waals surface area contributed by atoms with Gasteiger partial charge in [-0.15, -0.1) is 0 Å². The lowest BCUT2D eigenvalue weighted by atomic mass is 10.0. The molecule has 0 bridgehead atoms. The normalized spacial score (nSPS) is 16.4. The Bertz CT molecular complexity index is 956. The highest BCUT2D eigenvalue weighted by Gasteiger charge is 2.34. The molecule has 1 saturated heterocycles. The SMILES string of the molecule is CC(ON=C(N)c1ccccc1CN1CCCCC1)C(=O)Nc1ccccc1C(F)(F)F. The van der Waals surface area contributed by atoms with Crippen LogP contribution in [0.25, 0.3) is 0 Å². The zero-order valence-electron chi connectivity index (χ0n) is 17.9. The van der Waals surface area contributed by atoms with Crippen LogP contribution in [-0.4, -0.2) is 35.8 Å². The molecule has 1 aliphatic rings. The molecular weight excluding hydrogens is 421 g/mol. The molecule has 0 radical (unpaired) electrons. The minimum atomic E-state index is -4.59. The van der Waals surface area contributed by atoms with Gasteiger partial charge in [-0.2, -0.15) is 13.2 Å². The van der Waals surface area contributed by atoms with Crippen molar-refractivity contribution in [2.45, 2.75) is 45.0 Å². The molecule has 0 aromatic heterocycles. The Labute approximate surface area is 185 Å². The van der Waals surface area contributed by atoms with Crippen LogP contribution >= 0.6 is 0 Å². The highest BCUT2D eigenvalue weighted by Crippen LogP contribution is 2.34. The topological polar surface area (TPSA) is 80.0 Å². The quantitative estimate of drug-likeness (QED) is 0.375. The first-order valence-electron chi connectivity index (χ1n) is 10.5. The van der Waals surface area contributed by atoms with Crippen molar-refractivity contribution < 1.29 is 22.8 Å². The molecule has 1 aliphatic heterocycles. The predicted octanol–water partition coefficient (Wildman–Crippen LogP) is 4.36. The highest BCUT2D eigenvalue weighted by molar-refractivity contribution is 5.98. The van der Waals surface area contributed by atoms with Crippen molar-refractivity contribution in [1.82, 2.24) is 4.90 Å². The molecule has 0 aliphatic carbocycles. The van der Waals surface area contributed by atoms with Crippen molar-refractivity contribution in [1.29, 1.82) is 0 Å². The van der Waals surface area contributed by atoms with E-state index in [9.17, 15) is 18.0 Å². The molecule has 1 atom stereocenters. The smallest absolute Gasteiger partial charge is 0.381 e. The van der Waals surface area contributed by atoms with E-state index in [1.807, 2.05) is 24.3 Å². The maximum atomic E-state index is 13.1. The Kier molecular flexibility index (Phi) is 7.74. The zero-order chi connectivity index (χ0) is 23.1. The summed E-state index contributed by atoms with van der Waals surface area (Å²) < 4.78 is 39.4. The van der Waals surface area contributed by atoms with Crippen molar-refractivity contribution in [2.75, 3.05) is 18.4 Å². The third-order valence-electron chi connectivity index (χ3n) is 5.30. The fourth-order valence-corrected chi connectivity index (χ4v) is 3.57. The van der Waals surface area contributed by atoms with E-state index in [1.165, 1.54) is 44.4 Å². The molecule has 1 fully saturated rings. The number of oxime groups is 1. The number of nitrogens with zero attached hydrogens (tertiary/aromatic N) is 2. The van der Waals surface area contributed by atoms with Gasteiger partial charge in [-0.3, -0.25) is 9.69 Å². The number of nitrogens with one attached hydrogen (secondary N) is 1. The number of likely N-dealkylation sites (tertiary alicyclic amines) is 1. The molecule has 2 aromatic carbocycles. The average Bonchev–Trinajstić information content (AvgIpc) is 2.78. The summed E-state index contributed by atoms with van der Waals surface area (Å²) in [6.45, 7) is 4.18. The van der Waals surface area contributed by atoms with Crippen molar-refractivity contribution in [3.63, 3.8) is 0 Å². The third-order valence-corrected chi connectivity index (χ3v) is 5.30. The van der Waals surface area contributed by atoms with Crippen LogP contribution in [-0.2, 0) is 22.4 Å². The number of amides is 1. The molecule has 6 nitrogen and oxygen atoms in total. The van der Waals surface area contributed by atoms with Gasteiger partial charge in [0.25, 0.3) is 5.91 Å². The van der Waals surface area contributed by atoms with E-state index < -0.39 is 23.8 Å².